The molecule has 1 N–H and O–H groups in total. The summed E-state index contributed by atoms with van der Waals surface area (Å²) in [7, 11) is 0. The second-order valence-corrected chi connectivity index (χ2v) is 5.34. The number of nitrogens with zero attached hydrogens (tertiary/aromatic N) is 3. The molecule has 0 bridgehead atoms. The predicted molar refractivity (Wildman–Crippen MR) is 84.2 cm³/mol. The highest BCUT2D eigenvalue weighted by Crippen LogP contribution is 2.17. The molecule has 0 saturated carbocycles. The standard InChI is InChI=1S/C15H18N4S/c1-3-19(4-2)15-6-5-13(9-18-15)17-10-14-7-12(8-16)11-20-14/h5-7,9,11,17H,3-4,10H2,1-2H3. The Morgan fingerprint density at radius 1 is 1.35 bits per heavy atom. The van der Waals surface area contributed by atoms with Gasteiger partial charge in [-0.25, -0.2) is 4.98 Å². The molecule has 0 spiro atoms. The summed E-state index contributed by atoms with van der Waals surface area (Å²) in [6.07, 6.45) is 1.85. The van der Waals surface area contributed by atoms with Crippen molar-refractivity contribution in [3.8, 4) is 6.07 Å². The van der Waals surface area contributed by atoms with Crippen LogP contribution in [0.4, 0.5) is 11.5 Å². The third-order valence-corrected chi connectivity index (χ3v) is 4.02. The number of hydrogen-bond donors (Lipinski definition) is 1. The lowest BCUT2D eigenvalue weighted by molar-refractivity contribution is 0.846. The first-order valence-corrected chi connectivity index (χ1v) is 7.57. The quantitative estimate of drug-likeness (QED) is 0.883. The largest absolute Gasteiger partial charge is 0.379 e. The van der Waals surface area contributed by atoms with Crippen LogP contribution in [0.15, 0.2) is 29.8 Å². The molecule has 0 atom stereocenters. The van der Waals surface area contributed by atoms with Gasteiger partial charge in [-0.3, -0.25) is 0 Å². The molecule has 0 unspecified atom stereocenters. The molecule has 2 rings (SSSR count). The van der Waals surface area contributed by atoms with Gasteiger partial charge in [0.1, 0.15) is 11.9 Å². The van der Waals surface area contributed by atoms with E-state index in [1.807, 2.05) is 29.8 Å². The fourth-order valence-corrected chi connectivity index (χ4v) is 2.70. The van der Waals surface area contributed by atoms with Crippen molar-refractivity contribution < 1.29 is 0 Å². The Labute approximate surface area is 123 Å². The van der Waals surface area contributed by atoms with Gasteiger partial charge in [0.05, 0.1) is 17.4 Å². The first kappa shape index (κ1) is 14.4. The van der Waals surface area contributed by atoms with Gasteiger partial charge in [-0.05, 0) is 32.0 Å². The average molecular weight is 286 g/mol. The lowest BCUT2D eigenvalue weighted by Crippen LogP contribution is -2.22. The highest BCUT2D eigenvalue weighted by Gasteiger charge is 2.03. The number of rotatable bonds is 6. The van der Waals surface area contributed by atoms with Crippen molar-refractivity contribution in [3.05, 3.63) is 40.2 Å². The molecule has 20 heavy (non-hydrogen) atoms. The van der Waals surface area contributed by atoms with Gasteiger partial charge < -0.3 is 10.2 Å². The first-order valence-electron chi connectivity index (χ1n) is 6.69. The minimum Gasteiger partial charge on any atom is -0.379 e. The van der Waals surface area contributed by atoms with E-state index in [0.29, 0.717) is 0 Å². The molecular weight excluding hydrogens is 268 g/mol. The molecule has 0 aliphatic heterocycles. The van der Waals surface area contributed by atoms with Gasteiger partial charge >= 0.3 is 0 Å². The van der Waals surface area contributed by atoms with E-state index in [4.69, 9.17) is 5.26 Å². The SMILES string of the molecule is CCN(CC)c1ccc(NCc2cc(C#N)cs2)cn1. The van der Waals surface area contributed by atoms with E-state index in [1.165, 1.54) is 0 Å². The van der Waals surface area contributed by atoms with Crippen molar-refractivity contribution in [2.24, 2.45) is 0 Å². The van der Waals surface area contributed by atoms with Gasteiger partial charge in [0, 0.05) is 29.9 Å². The van der Waals surface area contributed by atoms with Crippen molar-refractivity contribution in [3.63, 3.8) is 0 Å². The van der Waals surface area contributed by atoms with E-state index in [1.54, 1.807) is 11.3 Å². The summed E-state index contributed by atoms with van der Waals surface area (Å²) in [5.74, 6) is 1.00. The molecular formula is C15H18N4S. The molecule has 2 aromatic heterocycles. The van der Waals surface area contributed by atoms with E-state index in [2.05, 4.69) is 35.1 Å². The summed E-state index contributed by atoms with van der Waals surface area (Å²) in [4.78, 5) is 7.83. The number of hydrogen-bond acceptors (Lipinski definition) is 5. The van der Waals surface area contributed by atoms with E-state index in [0.717, 1.165) is 41.6 Å². The van der Waals surface area contributed by atoms with Crippen LogP contribution in [-0.2, 0) is 6.54 Å². The number of aromatic nitrogens is 1. The Morgan fingerprint density at radius 2 is 2.15 bits per heavy atom. The van der Waals surface area contributed by atoms with Gasteiger partial charge in [-0.1, -0.05) is 0 Å². The van der Waals surface area contributed by atoms with Gasteiger partial charge in [0.25, 0.3) is 0 Å². The molecule has 0 aromatic carbocycles. The van der Waals surface area contributed by atoms with Crippen LogP contribution in [0.5, 0.6) is 0 Å². The molecule has 0 radical (unpaired) electrons. The molecule has 0 aliphatic rings. The molecule has 2 heterocycles. The first-order chi connectivity index (χ1) is 9.76. The highest BCUT2D eigenvalue weighted by molar-refractivity contribution is 7.10. The predicted octanol–water partition coefficient (Wildman–Crippen LogP) is 3.47. The Balaban J connectivity index is 1.95. The van der Waals surface area contributed by atoms with Gasteiger partial charge in [0.2, 0.25) is 0 Å². The van der Waals surface area contributed by atoms with Crippen molar-refractivity contribution >= 4 is 22.8 Å². The lowest BCUT2D eigenvalue weighted by atomic mass is 10.3. The third kappa shape index (κ3) is 3.49. The summed E-state index contributed by atoms with van der Waals surface area (Å²) < 4.78 is 0. The molecule has 4 nitrogen and oxygen atoms in total. The van der Waals surface area contributed by atoms with Crippen LogP contribution in [0.2, 0.25) is 0 Å². The van der Waals surface area contributed by atoms with Crippen LogP contribution in [-0.4, -0.2) is 18.1 Å². The fraction of sp³-hybridized carbons (Fsp3) is 0.333. The molecule has 5 heteroatoms. The number of nitrogens with one attached hydrogen (secondary N) is 1. The monoisotopic (exact) mass is 286 g/mol. The van der Waals surface area contributed by atoms with Crippen LogP contribution in [0.1, 0.15) is 24.3 Å². The molecule has 0 fully saturated rings. The average Bonchev–Trinajstić information content (AvgIpc) is 2.96. The minimum absolute atomic E-state index is 0.721. The van der Waals surface area contributed by atoms with Crippen LogP contribution < -0.4 is 10.2 Å². The number of nitriles is 1. The zero-order chi connectivity index (χ0) is 14.4. The summed E-state index contributed by atoms with van der Waals surface area (Å²) in [6.45, 7) is 6.89. The van der Waals surface area contributed by atoms with Crippen molar-refractivity contribution in [2.45, 2.75) is 20.4 Å². The second-order valence-electron chi connectivity index (χ2n) is 4.34. The van der Waals surface area contributed by atoms with Crippen molar-refractivity contribution in [2.75, 3.05) is 23.3 Å². The number of pyridine rings is 1. The van der Waals surface area contributed by atoms with E-state index >= 15 is 0 Å². The second kappa shape index (κ2) is 6.92. The summed E-state index contributed by atoms with van der Waals surface area (Å²) in [5.41, 5.74) is 1.72. The van der Waals surface area contributed by atoms with E-state index < -0.39 is 0 Å². The van der Waals surface area contributed by atoms with Crippen LogP contribution in [0.25, 0.3) is 0 Å². The maximum atomic E-state index is 8.79. The smallest absolute Gasteiger partial charge is 0.128 e. The van der Waals surface area contributed by atoms with E-state index in [-0.39, 0.29) is 0 Å². The fourth-order valence-electron chi connectivity index (χ4n) is 1.95. The number of anilines is 2. The van der Waals surface area contributed by atoms with Gasteiger partial charge in [-0.2, -0.15) is 5.26 Å². The summed E-state index contributed by atoms with van der Waals surface area (Å²) in [5, 5.41) is 14.0. The molecule has 0 amide bonds. The Hall–Kier alpha value is -2.06. The maximum absolute atomic E-state index is 8.79. The molecule has 104 valence electrons. The Morgan fingerprint density at radius 3 is 2.70 bits per heavy atom. The molecule has 2 aromatic rings. The van der Waals surface area contributed by atoms with Gasteiger partial charge in [0.15, 0.2) is 0 Å². The summed E-state index contributed by atoms with van der Waals surface area (Å²) >= 11 is 1.60. The maximum Gasteiger partial charge on any atom is 0.128 e. The van der Waals surface area contributed by atoms with Crippen LogP contribution in [0, 0.1) is 11.3 Å². The summed E-state index contributed by atoms with van der Waals surface area (Å²) in [6, 6.07) is 8.13. The van der Waals surface area contributed by atoms with Crippen molar-refractivity contribution in [1.82, 2.24) is 4.98 Å². The molecule has 0 saturated heterocycles. The Bertz CT molecular complexity index is 579. The van der Waals surface area contributed by atoms with Crippen LogP contribution in [0.3, 0.4) is 0 Å². The van der Waals surface area contributed by atoms with Crippen molar-refractivity contribution in [1.29, 1.82) is 5.26 Å². The minimum atomic E-state index is 0.721. The van der Waals surface area contributed by atoms with Gasteiger partial charge in [-0.15, -0.1) is 11.3 Å². The lowest BCUT2D eigenvalue weighted by Gasteiger charge is -2.19. The van der Waals surface area contributed by atoms with E-state index in [9.17, 15) is 0 Å². The number of thiophene rings is 1. The topological polar surface area (TPSA) is 52.0 Å². The van der Waals surface area contributed by atoms with Crippen LogP contribution >= 0.6 is 11.3 Å². The zero-order valence-electron chi connectivity index (χ0n) is 11.8. The highest BCUT2D eigenvalue weighted by atomic mass is 32.1. The Kier molecular flexibility index (Phi) is 4.97. The zero-order valence-corrected chi connectivity index (χ0v) is 12.6. The normalized spacial score (nSPS) is 10.1. The third-order valence-electron chi connectivity index (χ3n) is 3.08. The molecule has 0 aliphatic carbocycles.